The van der Waals surface area contributed by atoms with Crippen LogP contribution in [-0.2, 0) is 14.8 Å². The minimum absolute atomic E-state index is 0.104. The Labute approximate surface area is 151 Å². The first-order valence-electron chi connectivity index (χ1n) is 7.61. The van der Waals surface area contributed by atoms with Crippen molar-refractivity contribution in [3.05, 3.63) is 53.8 Å². The van der Waals surface area contributed by atoms with E-state index in [2.05, 4.69) is 5.43 Å². The molecule has 0 unspecified atom stereocenters. The third kappa shape index (κ3) is 4.93. The van der Waals surface area contributed by atoms with Gasteiger partial charge in [-0.2, -0.15) is 0 Å². The molecule has 0 aliphatic carbocycles. The molecule has 140 valence electrons. The fourth-order valence-electron chi connectivity index (χ4n) is 2.04. The molecule has 0 radical (unpaired) electrons. The van der Waals surface area contributed by atoms with Crippen LogP contribution in [0.3, 0.4) is 0 Å². The van der Waals surface area contributed by atoms with E-state index in [0.717, 1.165) is 0 Å². The zero-order chi connectivity index (χ0) is 19.3. The number of aryl methyl sites for hydroxylation is 1. The van der Waals surface area contributed by atoms with Crippen LogP contribution in [0, 0.1) is 12.7 Å². The highest BCUT2D eigenvalue weighted by molar-refractivity contribution is 7.89. The van der Waals surface area contributed by atoms with E-state index in [1.165, 1.54) is 50.4 Å². The first kappa shape index (κ1) is 19.7. The highest BCUT2D eigenvalue weighted by Gasteiger charge is 2.22. The van der Waals surface area contributed by atoms with Crippen molar-refractivity contribution >= 4 is 15.9 Å². The van der Waals surface area contributed by atoms with Gasteiger partial charge in [-0.15, -0.1) is 4.83 Å². The van der Waals surface area contributed by atoms with Crippen LogP contribution in [-0.4, -0.2) is 27.5 Å². The summed E-state index contributed by atoms with van der Waals surface area (Å²) in [6.45, 7) is 3.16. The van der Waals surface area contributed by atoms with Gasteiger partial charge in [0.25, 0.3) is 15.9 Å². The van der Waals surface area contributed by atoms with Crippen LogP contribution in [0.2, 0.25) is 0 Å². The summed E-state index contributed by atoms with van der Waals surface area (Å²) in [5.41, 5.74) is 2.81. The predicted octanol–water partition coefficient (Wildman–Crippen LogP) is 1.92. The summed E-state index contributed by atoms with van der Waals surface area (Å²) >= 11 is 0. The standard InChI is InChI=1S/C17H19FN2O5S/c1-11-4-9-15(24-3)16(10-11)26(22,23)20-19-17(21)12(2)25-14-7-5-13(18)6-8-14/h4-10,12,20H,1-3H3,(H,19,21)/t12-/m0/s1. The smallest absolute Gasteiger partial charge is 0.275 e. The Bertz CT molecular complexity index is 885. The number of benzene rings is 2. The quantitative estimate of drug-likeness (QED) is 0.714. The normalized spacial score (nSPS) is 12.3. The first-order valence-corrected chi connectivity index (χ1v) is 9.10. The monoisotopic (exact) mass is 382 g/mol. The van der Waals surface area contributed by atoms with E-state index < -0.39 is 27.9 Å². The van der Waals surface area contributed by atoms with Gasteiger partial charge in [-0.3, -0.25) is 10.2 Å². The van der Waals surface area contributed by atoms with Crippen molar-refractivity contribution in [2.75, 3.05) is 7.11 Å². The fraction of sp³-hybridized carbons (Fsp3) is 0.235. The Morgan fingerprint density at radius 3 is 2.42 bits per heavy atom. The molecule has 0 fully saturated rings. The molecule has 0 heterocycles. The molecule has 26 heavy (non-hydrogen) atoms. The van der Waals surface area contributed by atoms with Crippen LogP contribution in [0.5, 0.6) is 11.5 Å². The highest BCUT2D eigenvalue weighted by atomic mass is 32.2. The zero-order valence-corrected chi connectivity index (χ0v) is 15.3. The Kier molecular flexibility index (Phi) is 6.17. The van der Waals surface area contributed by atoms with Crippen LogP contribution < -0.4 is 19.7 Å². The number of hydrogen-bond donors (Lipinski definition) is 2. The van der Waals surface area contributed by atoms with Gasteiger partial charge >= 0.3 is 0 Å². The lowest BCUT2D eigenvalue weighted by molar-refractivity contribution is -0.127. The molecule has 2 aromatic rings. The van der Waals surface area contributed by atoms with Gasteiger partial charge in [-0.25, -0.2) is 12.8 Å². The van der Waals surface area contributed by atoms with E-state index >= 15 is 0 Å². The molecule has 2 aromatic carbocycles. The third-order valence-corrected chi connectivity index (χ3v) is 4.68. The molecular formula is C17H19FN2O5S. The van der Waals surface area contributed by atoms with Gasteiger partial charge in [-0.1, -0.05) is 6.07 Å². The van der Waals surface area contributed by atoms with Crippen LogP contribution in [0.1, 0.15) is 12.5 Å². The minimum atomic E-state index is -4.04. The number of amides is 1. The van der Waals surface area contributed by atoms with E-state index in [1.807, 2.05) is 4.83 Å². The Hall–Kier alpha value is -2.65. The number of rotatable bonds is 7. The lowest BCUT2D eigenvalue weighted by Crippen LogP contribution is -2.47. The number of methoxy groups -OCH3 is 1. The van der Waals surface area contributed by atoms with Crippen LogP contribution in [0.4, 0.5) is 4.39 Å². The van der Waals surface area contributed by atoms with Crippen molar-refractivity contribution in [3.8, 4) is 11.5 Å². The summed E-state index contributed by atoms with van der Waals surface area (Å²) in [5.74, 6) is -0.732. The molecule has 2 N–H and O–H groups in total. The molecule has 7 nitrogen and oxygen atoms in total. The summed E-state index contributed by atoms with van der Waals surface area (Å²) in [4.78, 5) is 13.9. The number of hydrogen-bond acceptors (Lipinski definition) is 5. The topological polar surface area (TPSA) is 93.7 Å². The lowest BCUT2D eigenvalue weighted by atomic mass is 10.2. The zero-order valence-electron chi connectivity index (χ0n) is 14.4. The molecule has 0 saturated heterocycles. The maximum Gasteiger partial charge on any atom is 0.275 e. The lowest BCUT2D eigenvalue weighted by Gasteiger charge is -2.16. The largest absolute Gasteiger partial charge is 0.495 e. The Balaban J connectivity index is 2.03. The van der Waals surface area contributed by atoms with Crippen molar-refractivity contribution in [2.24, 2.45) is 0 Å². The molecule has 0 spiro atoms. The molecule has 0 bridgehead atoms. The molecule has 0 aromatic heterocycles. The van der Waals surface area contributed by atoms with Crippen LogP contribution in [0.25, 0.3) is 0 Å². The average molecular weight is 382 g/mol. The van der Waals surface area contributed by atoms with Crippen molar-refractivity contribution in [3.63, 3.8) is 0 Å². The summed E-state index contributed by atoms with van der Waals surface area (Å²) in [5, 5.41) is 0. The molecular weight excluding hydrogens is 363 g/mol. The number of halogens is 1. The molecule has 0 aliphatic rings. The Morgan fingerprint density at radius 1 is 1.15 bits per heavy atom. The molecule has 9 heteroatoms. The summed E-state index contributed by atoms with van der Waals surface area (Å²) in [6, 6.07) is 9.74. The number of nitrogens with one attached hydrogen (secondary N) is 2. The minimum Gasteiger partial charge on any atom is -0.495 e. The molecule has 1 atom stereocenters. The first-order chi connectivity index (χ1) is 12.2. The average Bonchev–Trinajstić information content (AvgIpc) is 2.61. The number of carbonyl (C=O) groups is 1. The van der Waals surface area contributed by atoms with Gasteiger partial charge in [0, 0.05) is 0 Å². The summed E-state index contributed by atoms with van der Waals surface area (Å²) in [7, 11) is -2.70. The van der Waals surface area contributed by atoms with Crippen LogP contribution in [0.15, 0.2) is 47.4 Å². The van der Waals surface area contributed by atoms with Gasteiger partial charge in [0.1, 0.15) is 22.2 Å². The van der Waals surface area contributed by atoms with E-state index in [1.54, 1.807) is 13.0 Å². The maximum atomic E-state index is 12.9. The van der Waals surface area contributed by atoms with Crippen molar-refractivity contribution in [1.82, 2.24) is 10.3 Å². The maximum absolute atomic E-state index is 12.9. The summed E-state index contributed by atoms with van der Waals surface area (Å²) < 4.78 is 48.0. The summed E-state index contributed by atoms with van der Waals surface area (Å²) in [6.07, 6.45) is -1.01. The van der Waals surface area contributed by atoms with Crippen molar-refractivity contribution in [1.29, 1.82) is 0 Å². The molecule has 0 aliphatic heterocycles. The molecule has 2 rings (SSSR count). The van der Waals surface area contributed by atoms with Gasteiger partial charge in [0.05, 0.1) is 7.11 Å². The van der Waals surface area contributed by atoms with Gasteiger partial charge in [0.15, 0.2) is 6.10 Å². The molecule has 1 amide bonds. The highest BCUT2D eigenvalue weighted by Crippen LogP contribution is 2.24. The van der Waals surface area contributed by atoms with Crippen molar-refractivity contribution < 1.29 is 27.1 Å². The number of ether oxygens (including phenoxy) is 2. The molecule has 0 saturated carbocycles. The van der Waals surface area contributed by atoms with E-state index in [0.29, 0.717) is 5.56 Å². The predicted molar refractivity (Wildman–Crippen MR) is 92.7 cm³/mol. The Morgan fingerprint density at radius 2 is 1.81 bits per heavy atom. The van der Waals surface area contributed by atoms with Gasteiger partial charge < -0.3 is 9.47 Å². The number of hydrazine groups is 1. The van der Waals surface area contributed by atoms with Crippen molar-refractivity contribution in [2.45, 2.75) is 24.8 Å². The van der Waals surface area contributed by atoms with E-state index in [9.17, 15) is 17.6 Å². The number of carbonyl (C=O) groups excluding carboxylic acids is 1. The van der Waals surface area contributed by atoms with E-state index in [-0.39, 0.29) is 16.4 Å². The van der Waals surface area contributed by atoms with Gasteiger partial charge in [-0.05, 0) is 55.8 Å². The van der Waals surface area contributed by atoms with Crippen LogP contribution >= 0.6 is 0 Å². The second-order valence-electron chi connectivity index (χ2n) is 5.46. The van der Waals surface area contributed by atoms with E-state index in [4.69, 9.17) is 9.47 Å². The third-order valence-electron chi connectivity index (χ3n) is 3.41. The SMILES string of the molecule is COc1ccc(C)cc1S(=O)(=O)NNC(=O)[C@H](C)Oc1ccc(F)cc1. The van der Waals surface area contributed by atoms with Gasteiger partial charge in [0.2, 0.25) is 0 Å². The second kappa shape index (κ2) is 8.15. The second-order valence-corrected chi connectivity index (χ2v) is 7.11. The fourth-order valence-corrected chi connectivity index (χ4v) is 3.14. The number of sulfonamides is 1.